The lowest BCUT2D eigenvalue weighted by molar-refractivity contribution is 0.383. The summed E-state index contributed by atoms with van der Waals surface area (Å²) in [5.41, 5.74) is 7.89. The Hall–Kier alpha value is -0.540. The number of nitrogens with zero attached hydrogens (tertiary/aromatic N) is 2. The van der Waals surface area contributed by atoms with Crippen molar-refractivity contribution in [2.45, 2.75) is 33.6 Å². The quantitative estimate of drug-likeness (QED) is 0.863. The van der Waals surface area contributed by atoms with Crippen molar-refractivity contribution in [2.75, 3.05) is 6.54 Å². The van der Waals surface area contributed by atoms with Gasteiger partial charge in [0.2, 0.25) is 0 Å². The van der Waals surface area contributed by atoms with E-state index in [-0.39, 0.29) is 0 Å². The molecule has 1 heterocycles. The molecule has 1 unspecified atom stereocenters. The van der Waals surface area contributed by atoms with Crippen molar-refractivity contribution in [3.63, 3.8) is 0 Å². The number of halogens is 1. The average molecular weight is 244 g/mol. The van der Waals surface area contributed by atoms with Crippen LogP contribution < -0.4 is 5.73 Å². The summed E-state index contributed by atoms with van der Waals surface area (Å²) in [5, 5.41) is 5.24. The third kappa shape index (κ3) is 2.77. The third-order valence-electron chi connectivity index (χ3n) is 3.20. The van der Waals surface area contributed by atoms with E-state index in [4.69, 9.17) is 17.3 Å². The molecular formula is C12H22ClN3. The Bertz CT molecular complexity index is 344. The minimum Gasteiger partial charge on any atom is -0.330 e. The third-order valence-corrected chi connectivity index (χ3v) is 3.64. The van der Waals surface area contributed by atoms with Gasteiger partial charge in [-0.1, -0.05) is 32.4 Å². The molecule has 1 aromatic heterocycles. The summed E-state index contributed by atoms with van der Waals surface area (Å²) in [5.74, 6) is 1.04. The van der Waals surface area contributed by atoms with Crippen LogP contribution >= 0.6 is 11.6 Å². The zero-order valence-electron chi connectivity index (χ0n) is 10.6. The molecule has 0 aliphatic carbocycles. The lowest BCUT2D eigenvalue weighted by Crippen LogP contribution is -2.23. The van der Waals surface area contributed by atoms with Gasteiger partial charge >= 0.3 is 0 Å². The zero-order chi connectivity index (χ0) is 12.3. The highest BCUT2D eigenvalue weighted by Crippen LogP contribution is 2.25. The van der Waals surface area contributed by atoms with Crippen LogP contribution in [0.25, 0.3) is 0 Å². The van der Waals surface area contributed by atoms with Crippen LogP contribution in [0, 0.1) is 11.8 Å². The number of nitrogens with two attached hydrogens (primary N) is 1. The van der Waals surface area contributed by atoms with E-state index in [0.29, 0.717) is 18.4 Å². The van der Waals surface area contributed by atoms with Gasteiger partial charge in [-0.25, -0.2) is 0 Å². The first kappa shape index (κ1) is 13.5. The van der Waals surface area contributed by atoms with Gasteiger partial charge in [-0.3, -0.25) is 4.68 Å². The molecule has 0 radical (unpaired) electrons. The summed E-state index contributed by atoms with van der Waals surface area (Å²) in [7, 11) is 1.95. The Labute approximate surface area is 103 Å². The van der Waals surface area contributed by atoms with Gasteiger partial charge in [0.1, 0.15) is 0 Å². The summed E-state index contributed by atoms with van der Waals surface area (Å²) >= 11 is 6.31. The van der Waals surface area contributed by atoms with E-state index < -0.39 is 0 Å². The standard InChI is InChI=1S/C12H22ClN3/c1-5-10-12(13)11(16(4)15-10)6-9(7-14)8(2)3/h8-9H,5-7,14H2,1-4H3. The molecule has 0 aromatic carbocycles. The van der Waals surface area contributed by atoms with E-state index in [2.05, 4.69) is 25.9 Å². The van der Waals surface area contributed by atoms with Crippen molar-refractivity contribution in [1.82, 2.24) is 9.78 Å². The van der Waals surface area contributed by atoms with E-state index in [9.17, 15) is 0 Å². The van der Waals surface area contributed by atoms with Gasteiger partial charge in [0, 0.05) is 7.05 Å². The van der Waals surface area contributed by atoms with E-state index in [1.165, 1.54) is 0 Å². The highest BCUT2D eigenvalue weighted by molar-refractivity contribution is 6.31. The number of rotatable bonds is 5. The molecule has 0 saturated carbocycles. The molecule has 0 amide bonds. The molecule has 0 aliphatic heterocycles. The van der Waals surface area contributed by atoms with Crippen molar-refractivity contribution < 1.29 is 0 Å². The number of aryl methyl sites for hydroxylation is 2. The van der Waals surface area contributed by atoms with Crippen molar-refractivity contribution in [2.24, 2.45) is 24.6 Å². The highest BCUT2D eigenvalue weighted by atomic mass is 35.5. The maximum atomic E-state index is 6.31. The van der Waals surface area contributed by atoms with E-state index in [1.807, 2.05) is 11.7 Å². The van der Waals surface area contributed by atoms with Crippen molar-refractivity contribution in [3.05, 3.63) is 16.4 Å². The van der Waals surface area contributed by atoms with Crippen LogP contribution in [0.5, 0.6) is 0 Å². The molecule has 2 N–H and O–H groups in total. The summed E-state index contributed by atoms with van der Waals surface area (Å²) < 4.78 is 1.90. The Balaban J connectivity index is 2.91. The predicted molar refractivity (Wildman–Crippen MR) is 68.7 cm³/mol. The van der Waals surface area contributed by atoms with Gasteiger partial charge < -0.3 is 5.73 Å². The van der Waals surface area contributed by atoms with Gasteiger partial charge in [-0.05, 0) is 31.2 Å². The molecule has 0 bridgehead atoms. The van der Waals surface area contributed by atoms with Crippen LogP contribution in [-0.2, 0) is 19.9 Å². The van der Waals surface area contributed by atoms with Gasteiger partial charge in [0.05, 0.1) is 16.4 Å². The predicted octanol–water partition coefficient (Wildman–Crippen LogP) is 2.41. The molecule has 1 atom stereocenters. The monoisotopic (exact) mass is 243 g/mol. The normalized spacial score (nSPS) is 13.4. The molecule has 0 aliphatic rings. The van der Waals surface area contributed by atoms with Crippen LogP contribution in [0.1, 0.15) is 32.2 Å². The smallest absolute Gasteiger partial charge is 0.0849 e. The zero-order valence-corrected chi connectivity index (χ0v) is 11.4. The molecule has 3 nitrogen and oxygen atoms in total. The summed E-state index contributed by atoms with van der Waals surface area (Å²) in [6, 6.07) is 0. The van der Waals surface area contributed by atoms with Crippen molar-refractivity contribution in [3.8, 4) is 0 Å². The van der Waals surface area contributed by atoms with Crippen LogP contribution in [0.2, 0.25) is 5.02 Å². The average Bonchev–Trinajstić information content (AvgIpc) is 2.51. The molecule has 16 heavy (non-hydrogen) atoms. The lowest BCUT2D eigenvalue weighted by Gasteiger charge is -2.18. The molecule has 1 rings (SSSR count). The Morgan fingerprint density at radius 3 is 2.44 bits per heavy atom. The van der Waals surface area contributed by atoms with E-state index in [1.54, 1.807) is 0 Å². The van der Waals surface area contributed by atoms with Gasteiger partial charge in [-0.2, -0.15) is 5.10 Å². The fourth-order valence-electron chi connectivity index (χ4n) is 1.88. The molecule has 1 aromatic rings. The minimum atomic E-state index is 0.470. The largest absolute Gasteiger partial charge is 0.330 e. The molecule has 0 saturated heterocycles. The van der Waals surface area contributed by atoms with Gasteiger partial charge in [-0.15, -0.1) is 0 Å². The fraction of sp³-hybridized carbons (Fsp3) is 0.750. The Kier molecular flexibility index (Phi) is 4.81. The van der Waals surface area contributed by atoms with E-state index in [0.717, 1.165) is 29.3 Å². The highest BCUT2D eigenvalue weighted by Gasteiger charge is 2.19. The first-order chi connectivity index (χ1) is 7.51. The first-order valence-corrected chi connectivity index (χ1v) is 6.29. The van der Waals surface area contributed by atoms with Crippen LogP contribution in [-0.4, -0.2) is 16.3 Å². The minimum absolute atomic E-state index is 0.470. The second-order valence-electron chi connectivity index (χ2n) is 4.63. The maximum absolute atomic E-state index is 6.31. The molecule has 4 heteroatoms. The molecule has 0 spiro atoms. The summed E-state index contributed by atoms with van der Waals surface area (Å²) in [6.45, 7) is 7.16. The van der Waals surface area contributed by atoms with Crippen molar-refractivity contribution in [1.29, 1.82) is 0 Å². The molecule has 92 valence electrons. The second kappa shape index (κ2) is 5.69. The Morgan fingerprint density at radius 2 is 2.06 bits per heavy atom. The Morgan fingerprint density at radius 1 is 1.44 bits per heavy atom. The molecule has 0 fully saturated rings. The van der Waals surface area contributed by atoms with Gasteiger partial charge in [0.25, 0.3) is 0 Å². The lowest BCUT2D eigenvalue weighted by atomic mass is 9.91. The summed E-state index contributed by atoms with van der Waals surface area (Å²) in [4.78, 5) is 0. The van der Waals surface area contributed by atoms with E-state index >= 15 is 0 Å². The number of aromatic nitrogens is 2. The number of hydrogen-bond donors (Lipinski definition) is 1. The van der Waals surface area contributed by atoms with Crippen molar-refractivity contribution >= 4 is 11.6 Å². The van der Waals surface area contributed by atoms with Crippen LogP contribution in [0.4, 0.5) is 0 Å². The van der Waals surface area contributed by atoms with Gasteiger partial charge in [0.15, 0.2) is 0 Å². The number of hydrogen-bond acceptors (Lipinski definition) is 2. The van der Waals surface area contributed by atoms with Crippen LogP contribution in [0.3, 0.4) is 0 Å². The van der Waals surface area contributed by atoms with Crippen LogP contribution in [0.15, 0.2) is 0 Å². The first-order valence-electron chi connectivity index (χ1n) is 5.91. The maximum Gasteiger partial charge on any atom is 0.0849 e. The molecular weight excluding hydrogens is 222 g/mol. The topological polar surface area (TPSA) is 43.8 Å². The fourth-order valence-corrected chi connectivity index (χ4v) is 2.25. The second-order valence-corrected chi connectivity index (χ2v) is 5.01. The summed E-state index contributed by atoms with van der Waals surface area (Å²) in [6.07, 6.45) is 1.79. The SMILES string of the molecule is CCc1nn(C)c(CC(CN)C(C)C)c1Cl.